The minimum Gasteiger partial charge on any atom is -0.311 e. The van der Waals surface area contributed by atoms with Crippen molar-refractivity contribution in [3.63, 3.8) is 0 Å². The molecule has 3 aliphatic rings. The lowest BCUT2D eigenvalue weighted by atomic mass is 10.1. The number of hydrogen-bond donors (Lipinski definition) is 1. The molecule has 5 rings (SSSR count). The van der Waals surface area contributed by atoms with Crippen molar-refractivity contribution in [2.75, 3.05) is 39.3 Å². The Hall–Kier alpha value is -1.21. The Morgan fingerprint density at radius 1 is 1.32 bits per heavy atom. The van der Waals surface area contributed by atoms with E-state index in [0.29, 0.717) is 6.04 Å². The molecule has 0 spiro atoms. The van der Waals surface area contributed by atoms with Crippen molar-refractivity contribution < 1.29 is 0 Å². The number of piperazine rings is 3. The van der Waals surface area contributed by atoms with Crippen LogP contribution in [0.1, 0.15) is 5.56 Å². The van der Waals surface area contributed by atoms with E-state index in [-0.39, 0.29) is 0 Å². The van der Waals surface area contributed by atoms with Crippen molar-refractivity contribution >= 4 is 11.3 Å². The van der Waals surface area contributed by atoms with Gasteiger partial charge in [-0.05, 0) is 11.4 Å². The molecule has 5 heterocycles. The molecule has 22 heavy (non-hydrogen) atoms. The first kappa shape index (κ1) is 14.4. The van der Waals surface area contributed by atoms with Crippen LogP contribution in [-0.2, 0) is 13.6 Å². The number of nitrogens with one attached hydrogen (secondary N) is 1. The van der Waals surface area contributed by atoms with E-state index >= 15 is 0 Å². The van der Waals surface area contributed by atoms with Gasteiger partial charge in [-0.25, -0.2) is 0 Å². The highest BCUT2D eigenvalue weighted by atomic mass is 32.1. The largest absolute Gasteiger partial charge is 0.311 e. The topological polar surface area (TPSA) is 36.3 Å². The first-order chi connectivity index (χ1) is 10.8. The third-order valence-electron chi connectivity index (χ3n) is 4.75. The van der Waals surface area contributed by atoms with Crippen molar-refractivity contribution in [2.45, 2.75) is 12.6 Å². The van der Waals surface area contributed by atoms with Crippen molar-refractivity contribution in [3.05, 3.63) is 29.3 Å². The lowest BCUT2D eigenvalue weighted by Gasteiger charge is -2.47. The summed E-state index contributed by atoms with van der Waals surface area (Å²) in [4.78, 5) is 6.48. The number of aryl methyl sites for hydroxylation is 1. The second kappa shape index (κ2) is 6.12. The number of aromatic nitrogens is 2. The highest BCUT2D eigenvalue weighted by Gasteiger charge is 2.31. The number of thiophene rings is 1. The van der Waals surface area contributed by atoms with Crippen LogP contribution < -0.4 is 5.32 Å². The zero-order valence-corrected chi connectivity index (χ0v) is 13.9. The molecule has 3 saturated heterocycles. The fourth-order valence-corrected chi connectivity index (χ4v) is 4.32. The molecule has 2 aromatic rings. The predicted octanol–water partition coefficient (Wildman–Crippen LogP) is 1.24. The van der Waals surface area contributed by atoms with Crippen LogP contribution in [0.2, 0.25) is 0 Å². The lowest BCUT2D eigenvalue weighted by molar-refractivity contribution is 0.0136. The van der Waals surface area contributed by atoms with Gasteiger partial charge in [0.05, 0.1) is 4.88 Å². The summed E-state index contributed by atoms with van der Waals surface area (Å²) in [5.41, 5.74) is 2.42. The summed E-state index contributed by atoms with van der Waals surface area (Å²) in [6.45, 7) is 8.15. The monoisotopic (exact) mass is 317 g/mol. The first-order valence-corrected chi connectivity index (χ1v) is 8.91. The third-order valence-corrected chi connectivity index (χ3v) is 5.62. The molecule has 1 unspecified atom stereocenters. The molecule has 3 fully saturated rings. The smallest absolute Gasteiger partial charge is 0.107 e. The van der Waals surface area contributed by atoms with Gasteiger partial charge in [0.15, 0.2) is 0 Å². The molecule has 0 amide bonds. The quantitative estimate of drug-likeness (QED) is 0.900. The van der Waals surface area contributed by atoms with E-state index in [4.69, 9.17) is 0 Å². The summed E-state index contributed by atoms with van der Waals surface area (Å²) in [6, 6.07) is 4.91. The van der Waals surface area contributed by atoms with Gasteiger partial charge < -0.3 is 5.32 Å². The average Bonchev–Trinajstić information content (AvgIpc) is 3.18. The van der Waals surface area contributed by atoms with Crippen LogP contribution in [-0.4, -0.2) is 64.9 Å². The van der Waals surface area contributed by atoms with Gasteiger partial charge in [-0.1, -0.05) is 6.07 Å². The van der Waals surface area contributed by atoms with E-state index in [0.717, 1.165) is 18.8 Å². The maximum Gasteiger partial charge on any atom is 0.107 e. The zero-order valence-electron chi connectivity index (χ0n) is 13.0. The molecule has 1 atom stereocenters. The minimum absolute atomic E-state index is 0.671. The molecule has 0 saturated carbocycles. The molecule has 1 N–H and O–H groups in total. The standard InChI is InChI=1S/C16H23N5S/c1-19-11-13(16(18-19)15-3-2-8-22-15)9-17-10-14-12-20-4-6-21(14)7-5-20/h2-3,8,11,14,17H,4-7,9-10,12H2,1H3. The molecule has 5 nitrogen and oxygen atoms in total. The normalized spacial score (nSPS) is 27.4. The van der Waals surface area contributed by atoms with Gasteiger partial charge in [0.25, 0.3) is 0 Å². The fraction of sp³-hybridized carbons (Fsp3) is 0.562. The Labute approximate surface area is 135 Å². The van der Waals surface area contributed by atoms with Gasteiger partial charge in [-0.2, -0.15) is 5.10 Å². The molecule has 118 valence electrons. The van der Waals surface area contributed by atoms with Gasteiger partial charge in [-0.15, -0.1) is 11.3 Å². The van der Waals surface area contributed by atoms with E-state index in [1.807, 2.05) is 11.7 Å². The second-order valence-electron chi connectivity index (χ2n) is 6.28. The summed E-state index contributed by atoms with van der Waals surface area (Å²) in [6.07, 6.45) is 2.14. The van der Waals surface area contributed by atoms with Crippen LogP contribution in [0, 0.1) is 0 Å². The average molecular weight is 317 g/mol. The first-order valence-electron chi connectivity index (χ1n) is 8.03. The fourth-order valence-electron chi connectivity index (χ4n) is 3.58. The molecule has 6 heteroatoms. The van der Waals surface area contributed by atoms with Crippen LogP contribution >= 0.6 is 11.3 Å². The molecule has 0 aromatic carbocycles. The molecule has 0 aliphatic carbocycles. The van der Waals surface area contributed by atoms with Crippen molar-refractivity contribution in [1.82, 2.24) is 24.9 Å². The van der Waals surface area contributed by atoms with E-state index in [2.05, 4.69) is 43.9 Å². The maximum atomic E-state index is 4.63. The number of nitrogens with zero attached hydrogens (tertiary/aromatic N) is 4. The van der Waals surface area contributed by atoms with Crippen LogP contribution in [0.25, 0.3) is 10.6 Å². The zero-order chi connectivity index (χ0) is 14.9. The van der Waals surface area contributed by atoms with Gasteiger partial charge in [0.2, 0.25) is 0 Å². The summed E-state index contributed by atoms with van der Waals surface area (Å²) in [7, 11) is 2.00. The molecule has 2 aromatic heterocycles. The third kappa shape index (κ3) is 2.84. The minimum atomic E-state index is 0.671. The van der Waals surface area contributed by atoms with E-state index in [9.17, 15) is 0 Å². The van der Waals surface area contributed by atoms with E-state index < -0.39 is 0 Å². The molecule has 2 bridgehead atoms. The summed E-state index contributed by atoms with van der Waals surface area (Å²) in [5.74, 6) is 0. The van der Waals surface area contributed by atoms with Gasteiger partial charge in [0, 0.05) is 70.7 Å². The van der Waals surface area contributed by atoms with Gasteiger partial charge in [-0.3, -0.25) is 14.5 Å². The molecule has 0 radical (unpaired) electrons. The Morgan fingerprint density at radius 3 is 2.86 bits per heavy atom. The molecule has 3 aliphatic heterocycles. The van der Waals surface area contributed by atoms with E-state index in [1.54, 1.807) is 11.3 Å². The maximum absolute atomic E-state index is 4.63. The highest BCUT2D eigenvalue weighted by molar-refractivity contribution is 7.13. The predicted molar refractivity (Wildman–Crippen MR) is 90.0 cm³/mol. The van der Waals surface area contributed by atoms with Gasteiger partial charge >= 0.3 is 0 Å². The molecular weight excluding hydrogens is 294 g/mol. The Balaban J connectivity index is 1.38. The number of fused-ring (bicyclic) bond motifs is 3. The number of rotatable bonds is 5. The van der Waals surface area contributed by atoms with Crippen LogP contribution in [0.4, 0.5) is 0 Å². The van der Waals surface area contributed by atoms with E-state index in [1.165, 1.54) is 43.2 Å². The van der Waals surface area contributed by atoms with Crippen molar-refractivity contribution in [1.29, 1.82) is 0 Å². The summed E-state index contributed by atoms with van der Waals surface area (Å²) < 4.78 is 1.92. The van der Waals surface area contributed by atoms with Crippen LogP contribution in [0.5, 0.6) is 0 Å². The Kier molecular flexibility index (Phi) is 4.00. The summed E-state index contributed by atoms with van der Waals surface area (Å²) >= 11 is 1.76. The van der Waals surface area contributed by atoms with Crippen molar-refractivity contribution in [2.24, 2.45) is 7.05 Å². The highest BCUT2D eigenvalue weighted by Crippen LogP contribution is 2.26. The Morgan fingerprint density at radius 2 is 2.18 bits per heavy atom. The SMILES string of the molecule is Cn1cc(CNCC2CN3CCN2CC3)c(-c2cccs2)n1. The summed E-state index contributed by atoms with van der Waals surface area (Å²) in [5, 5.41) is 10.4. The van der Waals surface area contributed by atoms with Crippen molar-refractivity contribution in [3.8, 4) is 10.6 Å². The van der Waals surface area contributed by atoms with Gasteiger partial charge in [0.1, 0.15) is 5.69 Å². The second-order valence-corrected chi connectivity index (χ2v) is 7.22. The molecular formula is C16H23N5S. The number of hydrogen-bond acceptors (Lipinski definition) is 5. The van der Waals surface area contributed by atoms with Crippen LogP contribution in [0.15, 0.2) is 23.7 Å². The van der Waals surface area contributed by atoms with Crippen LogP contribution in [0.3, 0.4) is 0 Å². The lowest BCUT2D eigenvalue weighted by Crippen LogP contribution is -2.63. The Bertz CT molecular complexity index is 613.